The Balaban J connectivity index is 1.97. The van der Waals surface area contributed by atoms with Gasteiger partial charge in [-0.3, -0.25) is 19.8 Å². The molecule has 0 unspecified atom stereocenters. The lowest BCUT2D eigenvalue weighted by molar-refractivity contribution is -0.125. The Morgan fingerprint density at radius 3 is 2.36 bits per heavy atom. The molecule has 1 aromatic carbocycles. The van der Waals surface area contributed by atoms with E-state index in [9.17, 15) is 14.4 Å². The molecule has 2 N–H and O–H groups in total. The fourth-order valence-corrected chi connectivity index (χ4v) is 3.44. The number of ether oxygens (including phenoxy) is 1. The zero-order valence-corrected chi connectivity index (χ0v) is 16.8. The summed E-state index contributed by atoms with van der Waals surface area (Å²) in [7, 11) is 0. The van der Waals surface area contributed by atoms with Crippen LogP contribution in [-0.2, 0) is 14.3 Å². The number of thiophene rings is 1. The summed E-state index contributed by atoms with van der Waals surface area (Å²) in [6.07, 6.45) is -0.783. The van der Waals surface area contributed by atoms with Crippen molar-refractivity contribution in [1.29, 1.82) is 0 Å². The second-order valence-corrected chi connectivity index (χ2v) is 6.98. The molecule has 0 bridgehead atoms. The molecule has 0 radical (unpaired) electrons. The van der Waals surface area contributed by atoms with Gasteiger partial charge in [0.15, 0.2) is 0 Å². The minimum absolute atomic E-state index is 0.0431. The van der Waals surface area contributed by atoms with E-state index in [1.807, 2.05) is 54.8 Å². The second-order valence-electron chi connectivity index (χ2n) is 6.00. The standard InChI is InChI=1S/C20H25N3O4S/c1-3-23(14-18(25)22-20(26)27-4-2)13-17(24)21-19(16-11-8-12-28-16)15-9-6-5-7-10-15/h5-12,19H,3-4,13-14H2,1-2H3,(H,21,24)(H,22,25,26)/t19-/m0/s1. The number of hydrogen-bond acceptors (Lipinski definition) is 6. The molecule has 0 fully saturated rings. The van der Waals surface area contributed by atoms with Gasteiger partial charge in [-0.25, -0.2) is 4.79 Å². The number of hydrogen-bond donors (Lipinski definition) is 2. The predicted molar refractivity (Wildman–Crippen MR) is 108 cm³/mol. The van der Waals surface area contributed by atoms with Crippen molar-refractivity contribution in [2.75, 3.05) is 26.2 Å². The zero-order valence-electron chi connectivity index (χ0n) is 16.0. The molecule has 1 atom stereocenters. The molecule has 0 saturated carbocycles. The Bertz CT molecular complexity index is 765. The van der Waals surface area contributed by atoms with Crippen LogP contribution in [0.5, 0.6) is 0 Å². The monoisotopic (exact) mass is 403 g/mol. The summed E-state index contributed by atoms with van der Waals surface area (Å²) >= 11 is 1.57. The van der Waals surface area contributed by atoms with Crippen molar-refractivity contribution >= 4 is 29.2 Å². The molecule has 7 nitrogen and oxygen atoms in total. The largest absolute Gasteiger partial charge is 0.450 e. The van der Waals surface area contributed by atoms with E-state index in [1.54, 1.807) is 23.2 Å². The predicted octanol–water partition coefficient (Wildman–Crippen LogP) is 2.55. The Morgan fingerprint density at radius 1 is 1.04 bits per heavy atom. The normalized spacial score (nSPS) is 11.7. The first-order valence-corrected chi connectivity index (χ1v) is 9.98. The lowest BCUT2D eigenvalue weighted by Crippen LogP contribution is -2.44. The third-order valence-corrected chi connectivity index (χ3v) is 4.90. The molecule has 150 valence electrons. The SMILES string of the molecule is CCOC(=O)NC(=O)CN(CC)CC(=O)N[C@@H](c1ccccc1)c1cccs1. The highest BCUT2D eigenvalue weighted by molar-refractivity contribution is 7.10. The molecule has 0 aliphatic carbocycles. The summed E-state index contributed by atoms with van der Waals surface area (Å²) in [4.78, 5) is 38.6. The number of benzene rings is 1. The van der Waals surface area contributed by atoms with Crippen LogP contribution in [0.1, 0.15) is 30.3 Å². The first-order valence-electron chi connectivity index (χ1n) is 9.10. The van der Waals surface area contributed by atoms with Gasteiger partial charge in [0.2, 0.25) is 11.8 Å². The number of likely N-dealkylation sites (N-methyl/N-ethyl adjacent to an activating group) is 1. The van der Waals surface area contributed by atoms with Crippen LogP contribution in [0.4, 0.5) is 4.79 Å². The van der Waals surface area contributed by atoms with Crippen molar-refractivity contribution in [3.8, 4) is 0 Å². The summed E-state index contributed by atoms with van der Waals surface area (Å²) < 4.78 is 4.68. The van der Waals surface area contributed by atoms with Crippen LogP contribution in [0.3, 0.4) is 0 Å². The van der Waals surface area contributed by atoms with Gasteiger partial charge in [0.1, 0.15) is 0 Å². The van der Waals surface area contributed by atoms with E-state index >= 15 is 0 Å². The number of carbonyl (C=O) groups is 3. The van der Waals surface area contributed by atoms with Crippen molar-refractivity contribution in [2.24, 2.45) is 0 Å². The van der Waals surface area contributed by atoms with E-state index in [2.05, 4.69) is 15.4 Å². The molecular weight excluding hydrogens is 378 g/mol. The Kier molecular flexibility index (Phi) is 8.64. The summed E-state index contributed by atoms with van der Waals surface area (Å²) in [5, 5.41) is 7.15. The summed E-state index contributed by atoms with van der Waals surface area (Å²) in [5.74, 6) is -0.709. The Hall–Kier alpha value is -2.71. The van der Waals surface area contributed by atoms with Crippen LogP contribution < -0.4 is 10.6 Å². The number of amides is 3. The van der Waals surface area contributed by atoms with Gasteiger partial charge >= 0.3 is 6.09 Å². The summed E-state index contributed by atoms with van der Waals surface area (Å²) in [6, 6.07) is 13.4. The molecular formula is C20H25N3O4S. The van der Waals surface area contributed by atoms with E-state index in [1.165, 1.54) is 0 Å². The van der Waals surface area contributed by atoms with Crippen LogP contribution in [0.25, 0.3) is 0 Å². The van der Waals surface area contributed by atoms with E-state index in [-0.39, 0.29) is 31.6 Å². The minimum atomic E-state index is -0.783. The fourth-order valence-electron chi connectivity index (χ4n) is 2.63. The molecule has 2 rings (SSSR count). The number of nitrogens with zero attached hydrogens (tertiary/aromatic N) is 1. The van der Waals surface area contributed by atoms with Crippen molar-refractivity contribution in [2.45, 2.75) is 19.9 Å². The Labute approximate surface area is 168 Å². The number of rotatable bonds is 9. The Morgan fingerprint density at radius 2 is 1.75 bits per heavy atom. The van der Waals surface area contributed by atoms with Crippen molar-refractivity contribution < 1.29 is 19.1 Å². The maximum Gasteiger partial charge on any atom is 0.413 e. The van der Waals surface area contributed by atoms with E-state index in [0.29, 0.717) is 6.54 Å². The van der Waals surface area contributed by atoms with Crippen LogP contribution >= 0.6 is 11.3 Å². The van der Waals surface area contributed by atoms with Crippen LogP contribution in [0.2, 0.25) is 0 Å². The quantitative estimate of drug-likeness (QED) is 0.672. The molecule has 0 spiro atoms. The van der Waals surface area contributed by atoms with E-state index in [4.69, 9.17) is 0 Å². The van der Waals surface area contributed by atoms with Crippen LogP contribution in [-0.4, -0.2) is 49.0 Å². The average Bonchev–Trinajstić information content (AvgIpc) is 3.20. The van der Waals surface area contributed by atoms with Gasteiger partial charge in [0.25, 0.3) is 0 Å². The van der Waals surface area contributed by atoms with Gasteiger partial charge in [-0.2, -0.15) is 0 Å². The molecule has 0 aliphatic rings. The molecule has 1 aromatic heterocycles. The average molecular weight is 404 g/mol. The highest BCUT2D eigenvalue weighted by Crippen LogP contribution is 2.25. The molecule has 0 saturated heterocycles. The summed E-state index contributed by atoms with van der Waals surface area (Å²) in [5.41, 5.74) is 0.987. The van der Waals surface area contributed by atoms with Gasteiger partial charge in [-0.1, -0.05) is 43.3 Å². The topological polar surface area (TPSA) is 87.7 Å². The number of nitrogens with one attached hydrogen (secondary N) is 2. The third-order valence-electron chi connectivity index (χ3n) is 3.96. The fraction of sp³-hybridized carbons (Fsp3) is 0.350. The van der Waals surface area contributed by atoms with Crippen molar-refractivity contribution in [1.82, 2.24) is 15.5 Å². The molecule has 2 aromatic rings. The molecule has 28 heavy (non-hydrogen) atoms. The third kappa shape index (κ3) is 6.79. The maximum absolute atomic E-state index is 12.6. The second kappa shape index (κ2) is 11.2. The molecule has 1 heterocycles. The minimum Gasteiger partial charge on any atom is -0.450 e. The van der Waals surface area contributed by atoms with Crippen LogP contribution in [0, 0.1) is 0 Å². The molecule has 3 amide bonds. The lowest BCUT2D eigenvalue weighted by Gasteiger charge is -2.22. The van der Waals surface area contributed by atoms with Gasteiger partial charge in [-0.15, -0.1) is 11.3 Å². The molecule has 8 heteroatoms. The van der Waals surface area contributed by atoms with Gasteiger partial charge in [-0.05, 0) is 30.5 Å². The highest BCUT2D eigenvalue weighted by Gasteiger charge is 2.20. The number of imide groups is 1. The number of alkyl carbamates (subject to hydrolysis) is 1. The number of carbonyl (C=O) groups excluding carboxylic acids is 3. The van der Waals surface area contributed by atoms with Crippen LogP contribution in [0.15, 0.2) is 47.8 Å². The zero-order chi connectivity index (χ0) is 20.4. The van der Waals surface area contributed by atoms with Crippen molar-refractivity contribution in [3.05, 3.63) is 58.3 Å². The van der Waals surface area contributed by atoms with Gasteiger partial charge in [0.05, 0.1) is 25.7 Å². The van der Waals surface area contributed by atoms with E-state index < -0.39 is 12.0 Å². The smallest absolute Gasteiger partial charge is 0.413 e. The summed E-state index contributed by atoms with van der Waals surface area (Å²) in [6.45, 7) is 4.14. The molecule has 0 aliphatic heterocycles. The van der Waals surface area contributed by atoms with E-state index in [0.717, 1.165) is 10.4 Å². The van der Waals surface area contributed by atoms with Gasteiger partial charge in [0, 0.05) is 4.88 Å². The first-order chi connectivity index (χ1) is 13.5. The maximum atomic E-state index is 12.6. The van der Waals surface area contributed by atoms with Crippen molar-refractivity contribution in [3.63, 3.8) is 0 Å². The first kappa shape index (κ1) is 21.6. The van der Waals surface area contributed by atoms with Gasteiger partial charge < -0.3 is 10.1 Å². The highest BCUT2D eigenvalue weighted by atomic mass is 32.1. The lowest BCUT2D eigenvalue weighted by atomic mass is 10.1.